The molecule has 2 heterocycles. The van der Waals surface area contributed by atoms with Gasteiger partial charge in [-0.2, -0.15) is 0 Å². The topological polar surface area (TPSA) is 45.6 Å². The van der Waals surface area contributed by atoms with Crippen molar-refractivity contribution in [1.29, 1.82) is 0 Å². The zero-order valence-corrected chi connectivity index (χ0v) is 17.2. The number of hydrogen-bond donors (Lipinski definition) is 3. The van der Waals surface area contributed by atoms with Gasteiger partial charge in [0.15, 0.2) is 0 Å². The maximum Gasteiger partial charge on any atom is 0.319 e. The van der Waals surface area contributed by atoms with Crippen molar-refractivity contribution in [3.63, 3.8) is 0 Å². The molecular formula is C24H31FN3O+. The van der Waals surface area contributed by atoms with E-state index in [-0.39, 0.29) is 17.9 Å². The summed E-state index contributed by atoms with van der Waals surface area (Å²) in [5.41, 5.74) is 3.28. The molecule has 0 radical (unpaired) electrons. The van der Waals surface area contributed by atoms with Crippen molar-refractivity contribution in [2.45, 2.75) is 70.1 Å². The second-order valence-electron chi connectivity index (χ2n) is 8.89. The van der Waals surface area contributed by atoms with Gasteiger partial charge in [-0.25, -0.2) is 9.18 Å². The van der Waals surface area contributed by atoms with Crippen molar-refractivity contribution in [2.24, 2.45) is 0 Å². The lowest BCUT2D eigenvalue weighted by Crippen LogP contribution is -3.17. The summed E-state index contributed by atoms with van der Waals surface area (Å²) in [6.07, 6.45) is 4.43. The van der Waals surface area contributed by atoms with E-state index in [2.05, 4.69) is 36.6 Å². The minimum absolute atomic E-state index is 0.117. The third-order valence-electron chi connectivity index (χ3n) is 6.54. The van der Waals surface area contributed by atoms with Crippen molar-refractivity contribution in [1.82, 2.24) is 5.32 Å². The number of hydrogen-bond acceptors (Lipinski definition) is 1. The molecule has 154 valence electrons. The summed E-state index contributed by atoms with van der Waals surface area (Å²) in [6, 6.07) is 16.2. The zero-order valence-electron chi connectivity index (χ0n) is 17.2. The van der Waals surface area contributed by atoms with Gasteiger partial charge in [0.05, 0.1) is 12.1 Å². The number of urea groups is 1. The molecule has 2 saturated heterocycles. The first-order valence-electron chi connectivity index (χ1n) is 10.8. The fourth-order valence-corrected chi connectivity index (χ4v) is 4.98. The molecule has 2 fully saturated rings. The van der Waals surface area contributed by atoms with Crippen LogP contribution in [0, 0.1) is 5.82 Å². The molecule has 2 aromatic rings. The minimum Gasteiger partial charge on any atom is -0.335 e. The number of carbonyl (C=O) groups is 1. The second kappa shape index (κ2) is 8.54. The predicted molar refractivity (Wildman–Crippen MR) is 114 cm³/mol. The summed E-state index contributed by atoms with van der Waals surface area (Å²) in [6.45, 7) is 5.26. The number of piperidine rings is 1. The summed E-state index contributed by atoms with van der Waals surface area (Å²) in [5, 5.41) is 6.15. The van der Waals surface area contributed by atoms with Crippen LogP contribution in [0.3, 0.4) is 0 Å². The van der Waals surface area contributed by atoms with Crippen LogP contribution in [0.4, 0.5) is 14.9 Å². The smallest absolute Gasteiger partial charge is 0.319 e. The molecule has 5 heteroatoms. The van der Waals surface area contributed by atoms with Gasteiger partial charge in [0.2, 0.25) is 0 Å². The number of anilines is 1. The van der Waals surface area contributed by atoms with E-state index < -0.39 is 0 Å². The summed E-state index contributed by atoms with van der Waals surface area (Å²) < 4.78 is 13.2. The van der Waals surface area contributed by atoms with Gasteiger partial charge in [0.25, 0.3) is 0 Å². The number of benzene rings is 2. The first-order chi connectivity index (χ1) is 14.0. The average molecular weight is 397 g/mol. The first-order valence-corrected chi connectivity index (χ1v) is 10.8. The molecule has 4 atom stereocenters. The van der Waals surface area contributed by atoms with Crippen LogP contribution in [0.2, 0.25) is 0 Å². The molecule has 29 heavy (non-hydrogen) atoms. The molecule has 2 aliphatic heterocycles. The predicted octanol–water partition coefficient (Wildman–Crippen LogP) is 3.85. The lowest BCUT2D eigenvalue weighted by atomic mass is 9.96. The number of rotatable bonds is 5. The van der Waals surface area contributed by atoms with Crippen molar-refractivity contribution in [3.05, 3.63) is 65.5 Å². The van der Waals surface area contributed by atoms with E-state index in [9.17, 15) is 9.18 Å². The molecular weight excluding hydrogens is 365 g/mol. The highest BCUT2D eigenvalue weighted by Gasteiger charge is 2.44. The monoisotopic (exact) mass is 396 g/mol. The average Bonchev–Trinajstić information content (AvgIpc) is 2.92. The van der Waals surface area contributed by atoms with E-state index >= 15 is 0 Å². The molecule has 0 aromatic heterocycles. The number of halogens is 1. The van der Waals surface area contributed by atoms with Gasteiger partial charge in [0, 0.05) is 43.0 Å². The largest absolute Gasteiger partial charge is 0.335 e. The molecule has 2 amide bonds. The molecule has 2 unspecified atom stereocenters. The van der Waals surface area contributed by atoms with E-state index in [4.69, 9.17) is 0 Å². The molecule has 2 bridgehead atoms. The Morgan fingerprint density at radius 1 is 1.03 bits per heavy atom. The first kappa shape index (κ1) is 19.9. The molecule has 0 spiro atoms. The van der Waals surface area contributed by atoms with Crippen LogP contribution in [0.5, 0.6) is 0 Å². The van der Waals surface area contributed by atoms with Gasteiger partial charge in [-0.3, -0.25) is 0 Å². The van der Waals surface area contributed by atoms with Crippen LogP contribution in [-0.2, 0) is 6.54 Å². The summed E-state index contributed by atoms with van der Waals surface area (Å²) in [7, 11) is 0. The third-order valence-corrected chi connectivity index (χ3v) is 6.54. The standard InChI is InChI=1S/C24H30FN3O/c1-16(2)18-5-9-20(10-6-18)26-24(29)27-21-13-22-11-12-23(14-21)28(22)15-17-3-7-19(25)8-4-17/h3-10,16,21-23H,11-15H2,1-2H3,(H2,26,27,29)/p+1/t21?,22-,23+. The molecule has 2 aliphatic rings. The fraction of sp³-hybridized carbons (Fsp3) is 0.458. The highest BCUT2D eigenvalue weighted by molar-refractivity contribution is 5.89. The number of quaternary nitrogens is 1. The Kier molecular flexibility index (Phi) is 5.86. The van der Waals surface area contributed by atoms with Gasteiger partial charge < -0.3 is 15.5 Å². The van der Waals surface area contributed by atoms with Gasteiger partial charge in [-0.05, 0) is 35.7 Å². The van der Waals surface area contributed by atoms with E-state index in [1.165, 1.54) is 24.0 Å². The third kappa shape index (κ3) is 4.78. The lowest BCUT2D eigenvalue weighted by Gasteiger charge is -2.36. The Morgan fingerprint density at radius 3 is 2.24 bits per heavy atom. The molecule has 4 nitrogen and oxygen atoms in total. The Hall–Kier alpha value is -2.40. The number of nitrogens with one attached hydrogen (secondary N) is 3. The number of fused-ring (bicyclic) bond motifs is 2. The molecule has 4 rings (SSSR count). The lowest BCUT2D eigenvalue weighted by molar-refractivity contribution is -0.954. The molecule has 0 saturated carbocycles. The minimum atomic E-state index is -0.181. The van der Waals surface area contributed by atoms with Crippen LogP contribution in [-0.4, -0.2) is 24.2 Å². The quantitative estimate of drug-likeness (QED) is 0.706. The van der Waals surface area contributed by atoms with Crippen LogP contribution in [0.15, 0.2) is 48.5 Å². The number of amides is 2. The van der Waals surface area contributed by atoms with E-state index in [1.54, 1.807) is 17.0 Å². The Labute approximate surface area is 172 Å². The van der Waals surface area contributed by atoms with Gasteiger partial charge in [-0.15, -0.1) is 0 Å². The van der Waals surface area contributed by atoms with E-state index in [0.29, 0.717) is 18.0 Å². The molecule has 2 aromatic carbocycles. The van der Waals surface area contributed by atoms with Crippen LogP contribution in [0.25, 0.3) is 0 Å². The number of carbonyl (C=O) groups excluding carboxylic acids is 1. The maximum absolute atomic E-state index is 13.2. The zero-order chi connectivity index (χ0) is 20.4. The van der Waals surface area contributed by atoms with Crippen molar-refractivity contribution < 1.29 is 14.1 Å². The van der Waals surface area contributed by atoms with Crippen LogP contribution < -0.4 is 15.5 Å². The summed E-state index contributed by atoms with van der Waals surface area (Å²) in [4.78, 5) is 14.1. The Morgan fingerprint density at radius 2 is 1.66 bits per heavy atom. The van der Waals surface area contributed by atoms with E-state index in [0.717, 1.165) is 25.1 Å². The summed E-state index contributed by atoms with van der Waals surface area (Å²) in [5.74, 6) is 0.301. The Balaban J connectivity index is 1.30. The van der Waals surface area contributed by atoms with Crippen LogP contribution in [0.1, 0.15) is 56.6 Å². The van der Waals surface area contributed by atoms with Crippen molar-refractivity contribution in [3.8, 4) is 0 Å². The highest BCUT2D eigenvalue weighted by atomic mass is 19.1. The van der Waals surface area contributed by atoms with E-state index in [1.807, 2.05) is 24.3 Å². The normalized spacial score (nSPS) is 25.8. The van der Waals surface area contributed by atoms with Gasteiger partial charge >= 0.3 is 6.03 Å². The van der Waals surface area contributed by atoms with Gasteiger partial charge in [-0.1, -0.05) is 38.1 Å². The van der Waals surface area contributed by atoms with Crippen molar-refractivity contribution in [2.75, 3.05) is 5.32 Å². The van der Waals surface area contributed by atoms with Gasteiger partial charge in [0.1, 0.15) is 12.4 Å². The molecule has 3 N–H and O–H groups in total. The van der Waals surface area contributed by atoms with Crippen molar-refractivity contribution >= 4 is 11.7 Å². The SMILES string of the molecule is CC(C)c1ccc(NC(=O)NC2C[C@H]3CC[C@@H](C2)[NH+]3Cc2ccc(F)cc2)cc1. The van der Waals surface area contributed by atoms with Crippen LogP contribution >= 0.6 is 0 Å². The molecule has 0 aliphatic carbocycles. The maximum atomic E-state index is 13.2. The fourth-order valence-electron chi connectivity index (χ4n) is 4.98. The Bertz CT molecular complexity index is 820. The second-order valence-corrected chi connectivity index (χ2v) is 8.89. The summed E-state index contributed by atoms with van der Waals surface area (Å²) >= 11 is 0. The highest BCUT2D eigenvalue weighted by Crippen LogP contribution is 2.24.